The van der Waals surface area contributed by atoms with Crippen molar-refractivity contribution in [2.45, 2.75) is 18.2 Å². The third-order valence-electron chi connectivity index (χ3n) is 2.61. The fourth-order valence-electron chi connectivity index (χ4n) is 1.74. The van der Waals surface area contributed by atoms with Crippen molar-refractivity contribution in [3.05, 3.63) is 40.6 Å². The van der Waals surface area contributed by atoms with Crippen LogP contribution in [0.15, 0.2) is 39.8 Å². The number of aromatic nitrogens is 2. The van der Waals surface area contributed by atoms with Crippen LogP contribution in [-0.2, 0) is 23.5 Å². The van der Waals surface area contributed by atoms with E-state index in [0.29, 0.717) is 16.6 Å². The summed E-state index contributed by atoms with van der Waals surface area (Å²) in [5.74, 6) is 0. The van der Waals surface area contributed by atoms with Crippen molar-refractivity contribution in [3.8, 4) is 0 Å². The molecule has 0 atom stereocenters. The van der Waals surface area contributed by atoms with Gasteiger partial charge in [-0.2, -0.15) is 5.10 Å². The average molecular weight is 344 g/mol. The van der Waals surface area contributed by atoms with Gasteiger partial charge in [0.15, 0.2) is 0 Å². The molecule has 1 aromatic carbocycles. The molecule has 0 amide bonds. The Labute approximate surface area is 120 Å². The number of sulfonamides is 1. The first-order valence-electron chi connectivity index (χ1n) is 5.74. The molecule has 102 valence electrons. The molecule has 7 heteroatoms. The quantitative estimate of drug-likeness (QED) is 0.927. The van der Waals surface area contributed by atoms with Crippen molar-refractivity contribution in [2.75, 3.05) is 4.72 Å². The van der Waals surface area contributed by atoms with Crippen LogP contribution in [0.5, 0.6) is 0 Å². The monoisotopic (exact) mass is 343 g/mol. The molecule has 2 rings (SSSR count). The van der Waals surface area contributed by atoms with Crippen molar-refractivity contribution in [3.63, 3.8) is 0 Å². The van der Waals surface area contributed by atoms with Gasteiger partial charge in [-0.05, 0) is 34.5 Å². The van der Waals surface area contributed by atoms with Gasteiger partial charge in [0.1, 0.15) is 4.90 Å². The Kier molecular flexibility index (Phi) is 3.96. The van der Waals surface area contributed by atoms with E-state index in [-0.39, 0.29) is 4.90 Å². The van der Waals surface area contributed by atoms with E-state index in [1.54, 1.807) is 42.2 Å². The van der Waals surface area contributed by atoms with E-state index >= 15 is 0 Å². The fraction of sp³-hybridized carbons (Fsp3) is 0.250. The maximum atomic E-state index is 12.3. The smallest absolute Gasteiger partial charge is 0.263 e. The van der Waals surface area contributed by atoms with Crippen LogP contribution in [0.4, 0.5) is 5.69 Å². The summed E-state index contributed by atoms with van der Waals surface area (Å²) in [5, 5.41) is 4.21. The molecule has 0 bridgehead atoms. The van der Waals surface area contributed by atoms with Gasteiger partial charge in [0, 0.05) is 17.7 Å². The molecular weight excluding hydrogens is 330 g/mol. The van der Waals surface area contributed by atoms with Crippen LogP contribution in [0.3, 0.4) is 0 Å². The molecule has 2 aromatic rings. The summed E-state index contributed by atoms with van der Waals surface area (Å²) in [6.07, 6.45) is 2.32. The molecule has 0 aliphatic heterocycles. The molecule has 0 radical (unpaired) electrons. The van der Waals surface area contributed by atoms with E-state index in [4.69, 9.17) is 0 Å². The second kappa shape index (κ2) is 5.34. The van der Waals surface area contributed by atoms with E-state index in [1.165, 1.54) is 0 Å². The molecule has 0 unspecified atom stereocenters. The van der Waals surface area contributed by atoms with Gasteiger partial charge in [0.05, 0.1) is 11.4 Å². The Bertz CT molecular complexity index is 695. The lowest BCUT2D eigenvalue weighted by Gasteiger charge is -2.08. The van der Waals surface area contributed by atoms with Crippen molar-refractivity contribution in [1.82, 2.24) is 9.78 Å². The molecule has 19 heavy (non-hydrogen) atoms. The minimum absolute atomic E-state index is 0.209. The maximum absolute atomic E-state index is 12.3. The third kappa shape index (κ3) is 2.98. The first-order chi connectivity index (χ1) is 8.94. The number of anilines is 1. The normalized spacial score (nSPS) is 11.5. The Balaban J connectivity index is 2.39. The number of nitrogens with one attached hydrogen (secondary N) is 1. The highest BCUT2D eigenvalue weighted by atomic mass is 79.9. The molecule has 5 nitrogen and oxygen atoms in total. The van der Waals surface area contributed by atoms with Gasteiger partial charge in [0.2, 0.25) is 0 Å². The van der Waals surface area contributed by atoms with Crippen LogP contribution < -0.4 is 4.72 Å². The highest BCUT2D eigenvalue weighted by Crippen LogP contribution is 2.25. The zero-order valence-corrected chi connectivity index (χ0v) is 13.0. The van der Waals surface area contributed by atoms with Crippen LogP contribution >= 0.6 is 15.9 Å². The van der Waals surface area contributed by atoms with E-state index in [9.17, 15) is 8.42 Å². The molecule has 1 N–H and O–H groups in total. The van der Waals surface area contributed by atoms with Crippen LogP contribution in [0.25, 0.3) is 0 Å². The second-order valence-corrected chi connectivity index (χ2v) is 6.56. The number of rotatable bonds is 4. The van der Waals surface area contributed by atoms with Gasteiger partial charge < -0.3 is 0 Å². The zero-order valence-electron chi connectivity index (χ0n) is 10.6. The predicted molar refractivity (Wildman–Crippen MR) is 77.5 cm³/mol. The minimum Gasteiger partial charge on any atom is -0.276 e. The van der Waals surface area contributed by atoms with Gasteiger partial charge in [-0.15, -0.1) is 0 Å². The lowest BCUT2D eigenvalue weighted by Crippen LogP contribution is -2.14. The SMILES string of the molecule is CCc1nn(C)cc1NS(=O)(=O)c1ccccc1Br. The Morgan fingerprint density at radius 1 is 1.37 bits per heavy atom. The average Bonchev–Trinajstić information content (AvgIpc) is 2.69. The van der Waals surface area contributed by atoms with Crippen LogP contribution in [0.1, 0.15) is 12.6 Å². The molecule has 1 heterocycles. The zero-order chi connectivity index (χ0) is 14.0. The standard InChI is InChI=1S/C12H14BrN3O2S/c1-3-10-11(8-16(2)14-10)15-19(17,18)12-7-5-4-6-9(12)13/h4-8,15H,3H2,1-2H3. The number of halogens is 1. The predicted octanol–water partition coefficient (Wildman–Crippen LogP) is 2.55. The Hall–Kier alpha value is -1.34. The highest BCUT2D eigenvalue weighted by molar-refractivity contribution is 9.10. The molecule has 0 saturated carbocycles. The Morgan fingerprint density at radius 2 is 2.05 bits per heavy atom. The first kappa shape index (κ1) is 14.1. The molecule has 0 spiro atoms. The van der Waals surface area contributed by atoms with Crippen molar-refractivity contribution >= 4 is 31.6 Å². The van der Waals surface area contributed by atoms with Gasteiger partial charge in [0.25, 0.3) is 10.0 Å². The molecular formula is C12H14BrN3O2S. The molecule has 0 aliphatic rings. The number of benzene rings is 1. The van der Waals surface area contributed by atoms with Crippen LogP contribution in [0, 0.1) is 0 Å². The Morgan fingerprint density at radius 3 is 2.68 bits per heavy atom. The fourth-order valence-corrected chi connectivity index (χ4v) is 3.82. The minimum atomic E-state index is -3.61. The van der Waals surface area contributed by atoms with E-state index < -0.39 is 10.0 Å². The molecule has 1 aromatic heterocycles. The van der Waals surface area contributed by atoms with Gasteiger partial charge in [-0.3, -0.25) is 9.40 Å². The first-order valence-corrected chi connectivity index (χ1v) is 8.01. The van der Waals surface area contributed by atoms with E-state index in [1.807, 2.05) is 6.92 Å². The van der Waals surface area contributed by atoms with Crippen LogP contribution in [0.2, 0.25) is 0 Å². The van der Waals surface area contributed by atoms with E-state index in [2.05, 4.69) is 25.8 Å². The van der Waals surface area contributed by atoms with Gasteiger partial charge in [-0.1, -0.05) is 19.1 Å². The summed E-state index contributed by atoms with van der Waals surface area (Å²) >= 11 is 3.25. The van der Waals surface area contributed by atoms with Crippen molar-refractivity contribution in [2.24, 2.45) is 7.05 Å². The summed E-state index contributed by atoms with van der Waals surface area (Å²) in [6.45, 7) is 1.93. The van der Waals surface area contributed by atoms with Crippen molar-refractivity contribution < 1.29 is 8.42 Å². The largest absolute Gasteiger partial charge is 0.276 e. The van der Waals surface area contributed by atoms with Crippen molar-refractivity contribution in [1.29, 1.82) is 0 Å². The third-order valence-corrected chi connectivity index (χ3v) is 4.99. The number of hydrogen-bond acceptors (Lipinski definition) is 3. The lowest BCUT2D eigenvalue weighted by atomic mass is 10.3. The van der Waals surface area contributed by atoms with E-state index in [0.717, 1.165) is 5.69 Å². The van der Waals surface area contributed by atoms with Crippen LogP contribution in [-0.4, -0.2) is 18.2 Å². The maximum Gasteiger partial charge on any atom is 0.263 e. The molecule has 0 saturated heterocycles. The summed E-state index contributed by atoms with van der Waals surface area (Å²) in [7, 11) is -1.85. The summed E-state index contributed by atoms with van der Waals surface area (Å²) in [6, 6.07) is 6.70. The van der Waals surface area contributed by atoms with Gasteiger partial charge in [-0.25, -0.2) is 8.42 Å². The van der Waals surface area contributed by atoms with Gasteiger partial charge >= 0.3 is 0 Å². The summed E-state index contributed by atoms with van der Waals surface area (Å²) in [5.41, 5.74) is 1.24. The number of hydrogen-bond donors (Lipinski definition) is 1. The summed E-state index contributed by atoms with van der Waals surface area (Å²) in [4.78, 5) is 0.209. The number of aryl methyl sites for hydroxylation is 2. The second-order valence-electron chi connectivity index (χ2n) is 4.05. The number of nitrogens with zero attached hydrogens (tertiary/aromatic N) is 2. The molecule has 0 aliphatic carbocycles. The topological polar surface area (TPSA) is 64.0 Å². The summed E-state index contributed by atoms with van der Waals surface area (Å²) < 4.78 is 29.3. The highest BCUT2D eigenvalue weighted by Gasteiger charge is 2.19. The lowest BCUT2D eigenvalue weighted by molar-refractivity contribution is 0.600. The molecule has 0 fully saturated rings.